The number of amides is 1. The second-order valence-electron chi connectivity index (χ2n) is 6.58. The van der Waals surface area contributed by atoms with Gasteiger partial charge in [-0.2, -0.15) is 4.31 Å². The molecule has 0 spiro atoms. The van der Waals surface area contributed by atoms with E-state index in [1.54, 1.807) is 30.3 Å². The molecule has 1 atom stereocenters. The smallest absolute Gasteiger partial charge is 0.243 e. The van der Waals surface area contributed by atoms with Crippen molar-refractivity contribution in [2.75, 3.05) is 13.1 Å². The zero-order valence-electron chi connectivity index (χ0n) is 16.5. The van der Waals surface area contributed by atoms with Crippen LogP contribution in [-0.4, -0.2) is 31.7 Å². The molecule has 0 fully saturated rings. The molecule has 1 N–H and O–H groups in total. The molecule has 152 valence electrons. The molecule has 28 heavy (non-hydrogen) atoms. The Hall–Kier alpha value is -1.89. The maximum atomic E-state index is 12.5. The van der Waals surface area contributed by atoms with Crippen molar-refractivity contribution in [2.45, 2.75) is 44.6 Å². The number of halogens is 1. The van der Waals surface area contributed by atoms with Crippen molar-refractivity contribution >= 4 is 27.5 Å². The predicted octanol–water partition coefficient (Wildman–Crippen LogP) is 4.18. The SMILES string of the molecule is CCN(CC)S(=O)(=O)c1ccc(CCC(=O)NC(C)c2cccc(Cl)c2)cc1. The van der Waals surface area contributed by atoms with Crippen LogP contribution < -0.4 is 5.32 Å². The molecule has 0 heterocycles. The molecule has 1 amide bonds. The number of sulfonamides is 1. The van der Waals surface area contributed by atoms with Crippen LogP contribution >= 0.6 is 11.6 Å². The van der Waals surface area contributed by atoms with E-state index in [1.807, 2.05) is 39.0 Å². The van der Waals surface area contributed by atoms with E-state index < -0.39 is 10.0 Å². The number of carbonyl (C=O) groups excluding carboxylic acids is 1. The van der Waals surface area contributed by atoms with Crippen molar-refractivity contribution in [1.29, 1.82) is 0 Å². The maximum absolute atomic E-state index is 12.5. The van der Waals surface area contributed by atoms with Crippen LogP contribution in [0.2, 0.25) is 5.02 Å². The van der Waals surface area contributed by atoms with Crippen molar-refractivity contribution < 1.29 is 13.2 Å². The zero-order chi connectivity index (χ0) is 20.7. The fourth-order valence-corrected chi connectivity index (χ4v) is 4.63. The van der Waals surface area contributed by atoms with Gasteiger partial charge in [0.25, 0.3) is 0 Å². The number of hydrogen-bond donors (Lipinski definition) is 1. The number of carbonyl (C=O) groups is 1. The van der Waals surface area contributed by atoms with E-state index in [4.69, 9.17) is 11.6 Å². The minimum absolute atomic E-state index is 0.0627. The van der Waals surface area contributed by atoms with Gasteiger partial charge in [-0.1, -0.05) is 49.7 Å². The van der Waals surface area contributed by atoms with E-state index in [9.17, 15) is 13.2 Å². The van der Waals surface area contributed by atoms with E-state index in [-0.39, 0.29) is 16.8 Å². The molecule has 0 aliphatic heterocycles. The molecule has 0 saturated heterocycles. The lowest BCUT2D eigenvalue weighted by Gasteiger charge is -2.18. The van der Waals surface area contributed by atoms with Crippen LogP contribution in [0.5, 0.6) is 0 Å². The monoisotopic (exact) mass is 422 g/mol. The molecule has 0 aromatic heterocycles. The highest BCUT2D eigenvalue weighted by atomic mass is 35.5. The van der Waals surface area contributed by atoms with Gasteiger partial charge < -0.3 is 5.32 Å². The highest BCUT2D eigenvalue weighted by molar-refractivity contribution is 7.89. The van der Waals surface area contributed by atoms with Gasteiger partial charge in [-0.15, -0.1) is 0 Å². The highest BCUT2D eigenvalue weighted by Crippen LogP contribution is 2.19. The van der Waals surface area contributed by atoms with Crippen molar-refractivity contribution in [2.24, 2.45) is 0 Å². The minimum atomic E-state index is -3.46. The summed E-state index contributed by atoms with van der Waals surface area (Å²) in [5.74, 6) is -0.0627. The number of hydrogen-bond acceptors (Lipinski definition) is 3. The van der Waals surface area contributed by atoms with Gasteiger partial charge in [-0.3, -0.25) is 4.79 Å². The average Bonchev–Trinajstić information content (AvgIpc) is 2.67. The fraction of sp³-hybridized carbons (Fsp3) is 0.381. The summed E-state index contributed by atoms with van der Waals surface area (Å²) in [6.45, 7) is 6.42. The van der Waals surface area contributed by atoms with E-state index in [2.05, 4.69) is 5.32 Å². The molecule has 2 aromatic carbocycles. The van der Waals surface area contributed by atoms with Gasteiger partial charge in [0.1, 0.15) is 0 Å². The molecule has 2 rings (SSSR count). The summed E-state index contributed by atoms with van der Waals surface area (Å²) >= 11 is 5.99. The van der Waals surface area contributed by atoms with Gasteiger partial charge in [0.15, 0.2) is 0 Å². The molecule has 2 aromatic rings. The van der Waals surface area contributed by atoms with E-state index >= 15 is 0 Å². The summed E-state index contributed by atoms with van der Waals surface area (Å²) in [6.07, 6.45) is 0.868. The Balaban J connectivity index is 1.93. The lowest BCUT2D eigenvalue weighted by Crippen LogP contribution is -2.30. The first-order valence-corrected chi connectivity index (χ1v) is 11.2. The third kappa shape index (κ3) is 5.80. The molecule has 0 aliphatic carbocycles. The number of benzene rings is 2. The van der Waals surface area contributed by atoms with Gasteiger partial charge in [-0.25, -0.2) is 8.42 Å². The minimum Gasteiger partial charge on any atom is -0.350 e. The van der Waals surface area contributed by atoms with E-state index in [0.717, 1.165) is 11.1 Å². The predicted molar refractivity (Wildman–Crippen MR) is 113 cm³/mol. The molecule has 0 aliphatic rings. The summed E-state index contributed by atoms with van der Waals surface area (Å²) in [4.78, 5) is 12.5. The van der Waals surface area contributed by atoms with Gasteiger partial charge in [0.05, 0.1) is 10.9 Å². The summed E-state index contributed by atoms with van der Waals surface area (Å²) in [5, 5.41) is 3.60. The van der Waals surface area contributed by atoms with Crippen LogP contribution in [0.25, 0.3) is 0 Å². The Kier molecular flexibility index (Phi) is 8.04. The van der Waals surface area contributed by atoms with Crippen molar-refractivity contribution in [3.8, 4) is 0 Å². The standard InChI is InChI=1S/C21H27ClN2O3S/c1-4-24(5-2)28(26,27)20-12-9-17(10-13-20)11-14-21(25)23-16(3)18-7-6-8-19(22)15-18/h6-10,12-13,15-16H,4-5,11,14H2,1-3H3,(H,23,25). The fourth-order valence-electron chi connectivity index (χ4n) is 2.97. The van der Waals surface area contributed by atoms with E-state index in [1.165, 1.54) is 4.31 Å². The first-order valence-electron chi connectivity index (χ1n) is 9.41. The molecule has 0 saturated carbocycles. The Morgan fingerprint density at radius 1 is 1.11 bits per heavy atom. The average molecular weight is 423 g/mol. The molecule has 5 nitrogen and oxygen atoms in total. The largest absolute Gasteiger partial charge is 0.350 e. The van der Waals surface area contributed by atoms with Crippen LogP contribution in [0, 0.1) is 0 Å². The molecule has 0 bridgehead atoms. The molecule has 7 heteroatoms. The van der Waals surface area contributed by atoms with Crippen LogP contribution in [0.1, 0.15) is 44.4 Å². The van der Waals surface area contributed by atoms with Gasteiger partial charge in [-0.05, 0) is 48.7 Å². The first-order chi connectivity index (χ1) is 13.3. The van der Waals surface area contributed by atoms with Crippen molar-refractivity contribution in [3.63, 3.8) is 0 Å². The second-order valence-corrected chi connectivity index (χ2v) is 8.95. The van der Waals surface area contributed by atoms with Crippen LogP contribution in [-0.2, 0) is 21.2 Å². The van der Waals surface area contributed by atoms with Crippen molar-refractivity contribution in [3.05, 3.63) is 64.7 Å². The van der Waals surface area contributed by atoms with E-state index in [0.29, 0.717) is 31.0 Å². The van der Waals surface area contributed by atoms with Gasteiger partial charge in [0.2, 0.25) is 15.9 Å². The van der Waals surface area contributed by atoms with Crippen molar-refractivity contribution in [1.82, 2.24) is 9.62 Å². The maximum Gasteiger partial charge on any atom is 0.243 e. The molecule has 1 unspecified atom stereocenters. The summed E-state index contributed by atoms with van der Waals surface area (Å²) in [6, 6.07) is 14.0. The summed E-state index contributed by atoms with van der Waals surface area (Å²) in [5.41, 5.74) is 1.87. The molecular weight excluding hydrogens is 396 g/mol. The zero-order valence-corrected chi connectivity index (χ0v) is 18.1. The number of aryl methyl sites for hydroxylation is 1. The second kappa shape index (κ2) is 10.0. The summed E-state index contributed by atoms with van der Waals surface area (Å²) in [7, 11) is -3.46. The summed E-state index contributed by atoms with van der Waals surface area (Å²) < 4.78 is 26.4. The Morgan fingerprint density at radius 2 is 1.75 bits per heavy atom. The van der Waals surface area contributed by atoms with Crippen LogP contribution in [0.15, 0.2) is 53.4 Å². The molecule has 0 radical (unpaired) electrons. The lowest BCUT2D eigenvalue weighted by atomic mass is 10.1. The lowest BCUT2D eigenvalue weighted by molar-refractivity contribution is -0.121. The normalized spacial score (nSPS) is 12.8. The number of rotatable bonds is 9. The third-order valence-corrected chi connectivity index (χ3v) is 6.93. The number of nitrogens with one attached hydrogen (secondary N) is 1. The van der Waals surface area contributed by atoms with Crippen LogP contribution in [0.3, 0.4) is 0 Å². The van der Waals surface area contributed by atoms with Gasteiger partial charge >= 0.3 is 0 Å². The Bertz CT molecular complexity index is 894. The first kappa shape index (κ1) is 22.4. The Labute approximate surface area is 172 Å². The van der Waals surface area contributed by atoms with Gasteiger partial charge in [0, 0.05) is 24.5 Å². The van der Waals surface area contributed by atoms with Crippen LogP contribution in [0.4, 0.5) is 0 Å². The third-order valence-electron chi connectivity index (χ3n) is 4.63. The molecular formula is C21H27ClN2O3S. The Morgan fingerprint density at radius 3 is 2.32 bits per heavy atom. The number of nitrogens with zero attached hydrogens (tertiary/aromatic N) is 1. The topological polar surface area (TPSA) is 66.5 Å². The quantitative estimate of drug-likeness (QED) is 0.659. The highest BCUT2D eigenvalue weighted by Gasteiger charge is 2.21.